The fraction of sp³-hybridized carbons (Fsp3) is 0.310. The van der Waals surface area contributed by atoms with E-state index in [1.54, 1.807) is 30.3 Å². The molecule has 0 unspecified atom stereocenters. The number of ether oxygens (including phenoxy) is 2. The van der Waals surface area contributed by atoms with Crippen LogP contribution in [0.25, 0.3) is 10.8 Å². The Balaban J connectivity index is 1.34. The highest BCUT2D eigenvalue weighted by Crippen LogP contribution is 2.62. The van der Waals surface area contributed by atoms with Crippen LogP contribution in [-0.4, -0.2) is 29.6 Å². The third-order valence-electron chi connectivity index (χ3n) is 8.06. The Morgan fingerprint density at radius 1 is 0.917 bits per heavy atom. The summed E-state index contributed by atoms with van der Waals surface area (Å²) in [6.45, 7) is 2.19. The molecule has 2 bridgehead atoms. The second kappa shape index (κ2) is 7.91. The Morgan fingerprint density at radius 2 is 1.61 bits per heavy atom. The fourth-order valence-corrected chi connectivity index (χ4v) is 6.44. The van der Waals surface area contributed by atoms with Gasteiger partial charge in [0.05, 0.1) is 52.5 Å². The van der Waals surface area contributed by atoms with E-state index < -0.39 is 23.0 Å². The van der Waals surface area contributed by atoms with E-state index in [1.165, 1.54) is 4.90 Å². The zero-order valence-corrected chi connectivity index (χ0v) is 19.7. The summed E-state index contributed by atoms with van der Waals surface area (Å²) in [5.41, 5.74) is -0.0756. The van der Waals surface area contributed by atoms with E-state index in [1.807, 2.05) is 37.3 Å². The van der Waals surface area contributed by atoms with Crippen LogP contribution in [0.15, 0.2) is 60.7 Å². The minimum Gasteiger partial charge on any atom is -0.492 e. The van der Waals surface area contributed by atoms with Gasteiger partial charge < -0.3 is 9.47 Å². The van der Waals surface area contributed by atoms with E-state index in [0.717, 1.165) is 0 Å². The van der Waals surface area contributed by atoms with Gasteiger partial charge in [-0.05, 0) is 44.0 Å². The highest BCUT2D eigenvalue weighted by molar-refractivity contribution is 6.26. The van der Waals surface area contributed by atoms with Crippen LogP contribution in [0, 0.1) is 34.5 Å². The number of hydrogen-bond donors (Lipinski definition) is 0. The van der Waals surface area contributed by atoms with Crippen LogP contribution >= 0.6 is 0 Å². The Kier molecular flexibility index (Phi) is 4.90. The summed E-state index contributed by atoms with van der Waals surface area (Å²) in [5.74, 6) is -1.20. The van der Waals surface area contributed by atoms with Crippen molar-refractivity contribution in [3.8, 4) is 17.9 Å². The molecule has 3 heterocycles. The van der Waals surface area contributed by atoms with Gasteiger partial charge in [-0.3, -0.25) is 9.59 Å². The molecule has 3 aliphatic rings. The predicted molar refractivity (Wildman–Crippen MR) is 131 cm³/mol. The van der Waals surface area contributed by atoms with Crippen LogP contribution in [-0.2, 0) is 14.3 Å². The second-order valence-electron chi connectivity index (χ2n) is 9.94. The number of fused-ring (bicyclic) bond motifs is 6. The van der Waals surface area contributed by atoms with Gasteiger partial charge in [0.15, 0.2) is 0 Å². The van der Waals surface area contributed by atoms with Gasteiger partial charge in [0.25, 0.3) is 0 Å². The molecule has 0 saturated carbocycles. The van der Waals surface area contributed by atoms with Gasteiger partial charge >= 0.3 is 0 Å². The summed E-state index contributed by atoms with van der Waals surface area (Å²) >= 11 is 0. The van der Waals surface area contributed by atoms with Crippen LogP contribution < -0.4 is 9.64 Å². The van der Waals surface area contributed by atoms with Crippen molar-refractivity contribution in [2.75, 3.05) is 11.5 Å². The van der Waals surface area contributed by atoms with Gasteiger partial charge in [-0.1, -0.05) is 36.4 Å². The van der Waals surface area contributed by atoms with E-state index in [-0.39, 0.29) is 18.4 Å². The van der Waals surface area contributed by atoms with Crippen molar-refractivity contribution < 1.29 is 19.1 Å². The number of amides is 2. The first-order valence-electron chi connectivity index (χ1n) is 12.0. The molecular formula is C29H23N3O4. The largest absolute Gasteiger partial charge is 0.492 e. The summed E-state index contributed by atoms with van der Waals surface area (Å²) in [4.78, 5) is 29.1. The van der Waals surface area contributed by atoms with Gasteiger partial charge in [0, 0.05) is 17.2 Å². The normalized spacial score (nSPS) is 28.2. The number of nitriles is 2. The lowest BCUT2D eigenvalue weighted by Crippen LogP contribution is -2.43. The fourth-order valence-electron chi connectivity index (χ4n) is 6.44. The smallest absolute Gasteiger partial charge is 0.240 e. The number of rotatable bonds is 5. The molecule has 3 aliphatic heterocycles. The van der Waals surface area contributed by atoms with Crippen LogP contribution in [0.2, 0.25) is 0 Å². The molecule has 0 aliphatic carbocycles. The summed E-state index contributed by atoms with van der Waals surface area (Å²) in [6, 6.07) is 22.0. The summed E-state index contributed by atoms with van der Waals surface area (Å²) in [6.07, 6.45) is 1.78. The zero-order valence-electron chi connectivity index (χ0n) is 19.7. The predicted octanol–water partition coefficient (Wildman–Crippen LogP) is 4.48. The van der Waals surface area contributed by atoms with Gasteiger partial charge in [0.2, 0.25) is 11.8 Å². The molecule has 0 radical (unpaired) electrons. The number of imide groups is 1. The minimum atomic E-state index is -0.801. The molecule has 0 spiro atoms. The Hall–Kier alpha value is -4.20. The van der Waals surface area contributed by atoms with Gasteiger partial charge in [0.1, 0.15) is 11.8 Å². The number of carbonyl (C=O) groups excluding carboxylic acids is 2. The van der Waals surface area contributed by atoms with Crippen LogP contribution in [0.1, 0.15) is 37.3 Å². The Labute approximate surface area is 208 Å². The number of nitrogens with zero attached hydrogens (tertiary/aromatic N) is 3. The van der Waals surface area contributed by atoms with Crippen molar-refractivity contribution in [3.63, 3.8) is 0 Å². The summed E-state index contributed by atoms with van der Waals surface area (Å²) in [5, 5.41) is 20.3. The molecule has 7 heteroatoms. The topological polar surface area (TPSA) is 103 Å². The summed E-state index contributed by atoms with van der Waals surface area (Å²) < 4.78 is 12.4. The average molecular weight is 478 g/mol. The lowest BCUT2D eigenvalue weighted by atomic mass is 9.67. The molecular weight excluding hydrogens is 454 g/mol. The molecule has 3 saturated heterocycles. The number of anilines is 1. The van der Waals surface area contributed by atoms with E-state index >= 15 is 0 Å². The molecule has 0 N–H and O–H groups in total. The van der Waals surface area contributed by atoms with Gasteiger partial charge in [-0.25, -0.2) is 4.90 Å². The van der Waals surface area contributed by atoms with Crippen molar-refractivity contribution in [3.05, 3.63) is 71.8 Å². The number of hydrogen-bond acceptors (Lipinski definition) is 6. The first kappa shape index (κ1) is 22.3. The lowest BCUT2D eigenvalue weighted by Gasteiger charge is -2.31. The molecule has 178 valence electrons. The van der Waals surface area contributed by atoms with Crippen molar-refractivity contribution in [2.24, 2.45) is 11.8 Å². The standard InChI is InChI=1S/C29H23N3O4/c1-28-12-13-29(36-28,14-15-35-23-9-5-2-6-19(23)17-31)25-24(28)26(33)32(27(25)34)22-11-10-18(16-30)20-7-3-4-8-21(20)22/h2-11,24-25H,12-15H2,1H3/t24-,25+,28-,29-/m0/s1. The molecule has 6 rings (SSSR count). The van der Waals surface area contributed by atoms with Crippen molar-refractivity contribution in [1.29, 1.82) is 10.5 Å². The first-order valence-corrected chi connectivity index (χ1v) is 12.0. The molecule has 4 atom stereocenters. The molecule has 7 nitrogen and oxygen atoms in total. The Bertz CT molecular complexity index is 1520. The number of para-hydroxylation sites is 1. The van der Waals surface area contributed by atoms with Crippen LogP contribution in [0.3, 0.4) is 0 Å². The van der Waals surface area contributed by atoms with Crippen molar-refractivity contribution >= 4 is 28.3 Å². The molecule has 3 aromatic rings. The van der Waals surface area contributed by atoms with E-state index in [0.29, 0.717) is 52.6 Å². The number of benzene rings is 3. The lowest BCUT2D eigenvalue weighted by molar-refractivity contribution is -0.131. The molecule has 2 amide bonds. The molecule has 3 fully saturated rings. The molecule has 3 aromatic carbocycles. The Morgan fingerprint density at radius 3 is 2.39 bits per heavy atom. The monoisotopic (exact) mass is 477 g/mol. The maximum atomic E-state index is 13.9. The third kappa shape index (κ3) is 3.00. The highest BCUT2D eigenvalue weighted by atomic mass is 16.5. The van der Waals surface area contributed by atoms with E-state index in [4.69, 9.17) is 9.47 Å². The van der Waals surface area contributed by atoms with E-state index in [9.17, 15) is 20.1 Å². The summed E-state index contributed by atoms with van der Waals surface area (Å²) in [7, 11) is 0. The average Bonchev–Trinajstić information content (AvgIpc) is 3.48. The first-order chi connectivity index (χ1) is 17.4. The molecule has 36 heavy (non-hydrogen) atoms. The van der Waals surface area contributed by atoms with Crippen LogP contribution in [0.5, 0.6) is 5.75 Å². The van der Waals surface area contributed by atoms with E-state index in [2.05, 4.69) is 12.1 Å². The quantitative estimate of drug-likeness (QED) is 0.502. The third-order valence-corrected chi connectivity index (χ3v) is 8.06. The van der Waals surface area contributed by atoms with Gasteiger partial charge in [-0.2, -0.15) is 10.5 Å². The SMILES string of the molecule is C[C@@]12CC[C@@](CCOc3ccccc3C#N)(O1)[C@H]1C(=O)N(c3ccc(C#N)c4ccccc34)C(=O)[C@H]12. The van der Waals surface area contributed by atoms with Gasteiger partial charge in [-0.15, -0.1) is 0 Å². The maximum absolute atomic E-state index is 13.9. The second-order valence-corrected chi connectivity index (χ2v) is 9.94. The molecule has 0 aromatic heterocycles. The highest BCUT2D eigenvalue weighted by Gasteiger charge is 2.73. The van der Waals surface area contributed by atoms with Crippen LogP contribution in [0.4, 0.5) is 5.69 Å². The number of carbonyl (C=O) groups is 2. The maximum Gasteiger partial charge on any atom is 0.240 e. The minimum absolute atomic E-state index is 0.250. The zero-order chi connectivity index (χ0) is 25.1. The van der Waals surface area contributed by atoms with Crippen molar-refractivity contribution in [2.45, 2.75) is 37.4 Å². The van der Waals surface area contributed by atoms with Crippen molar-refractivity contribution in [1.82, 2.24) is 0 Å².